The third-order valence-corrected chi connectivity index (χ3v) is 9.47. The Morgan fingerprint density at radius 1 is 1.18 bits per heavy atom. The van der Waals surface area contributed by atoms with Crippen molar-refractivity contribution in [2.45, 2.75) is 63.0 Å². The zero-order valence-electron chi connectivity index (χ0n) is 23.7. The number of ether oxygens (including phenoxy) is 2. The first-order valence-electron chi connectivity index (χ1n) is 13.9. The summed E-state index contributed by atoms with van der Waals surface area (Å²) in [6, 6.07) is 14.0. The first kappa shape index (κ1) is 29.9. The van der Waals surface area contributed by atoms with E-state index < -0.39 is 0 Å². The number of amides is 1. The van der Waals surface area contributed by atoms with Gasteiger partial charge in [0.05, 0.1) is 29.2 Å². The van der Waals surface area contributed by atoms with Gasteiger partial charge in [-0.25, -0.2) is 0 Å². The summed E-state index contributed by atoms with van der Waals surface area (Å²) in [5.74, 6) is 1.32. The Balaban J connectivity index is 1.71. The maximum atomic E-state index is 13.9. The highest BCUT2D eigenvalue weighted by Crippen LogP contribution is 2.54. The number of carbonyl (C=O) groups is 1. The fraction of sp³-hybridized carbons (Fsp3) is 0.531. The van der Waals surface area contributed by atoms with E-state index in [0.29, 0.717) is 28.9 Å². The Kier molecular flexibility index (Phi) is 9.69. The van der Waals surface area contributed by atoms with Gasteiger partial charge in [0.25, 0.3) is 0 Å². The van der Waals surface area contributed by atoms with E-state index in [1.54, 1.807) is 19.2 Å². The van der Waals surface area contributed by atoms with Crippen LogP contribution in [0.4, 0.5) is 0 Å². The Labute approximate surface area is 244 Å². The van der Waals surface area contributed by atoms with E-state index in [1.807, 2.05) is 25.3 Å². The minimum Gasteiger partial charge on any atom is -0.497 e. The molecule has 1 saturated heterocycles. The highest BCUT2D eigenvalue weighted by molar-refractivity contribution is 6.42. The number of halogens is 2. The minimum atomic E-state index is -0.368. The lowest BCUT2D eigenvalue weighted by Gasteiger charge is -2.60. The van der Waals surface area contributed by atoms with Crippen LogP contribution in [0.5, 0.6) is 5.75 Å². The number of piperidine rings is 1. The van der Waals surface area contributed by atoms with Crippen LogP contribution in [0.2, 0.25) is 10.0 Å². The molecule has 1 amide bonds. The van der Waals surface area contributed by atoms with Crippen LogP contribution in [0.25, 0.3) is 0 Å². The lowest BCUT2D eigenvalue weighted by atomic mass is 9.55. The van der Waals surface area contributed by atoms with Crippen molar-refractivity contribution in [1.29, 1.82) is 0 Å². The molecule has 1 saturated carbocycles. The average Bonchev–Trinajstić information content (AvgIpc) is 2.93. The van der Waals surface area contributed by atoms with Crippen LogP contribution in [0.15, 0.2) is 55.1 Å². The van der Waals surface area contributed by atoms with Crippen molar-refractivity contribution in [3.63, 3.8) is 0 Å². The van der Waals surface area contributed by atoms with Gasteiger partial charge in [-0.2, -0.15) is 0 Å². The Morgan fingerprint density at radius 3 is 2.64 bits per heavy atom. The molecule has 3 unspecified atom stereocenters. The van der Waals surface area contributed by atoms with Gasteiger partial charge >= 0.3 is 0 Å². The fourth-order valence-electron chi connectivity index (χ4n) is 6.86. The molecule has 0 radical (unpaired) electrons. The summed E-state index contributed by atoms with van der Waals surface area (Å²) in [5.41, 5.74) is 1.49. The molecule has 0 bridgehead atoms. The number of hydrogen-bond acceptors (Lipinski definition) is 4. The third-order valence-electron chi connectivity index (χ3n) is 8.73. The van der Waals surface area contributed by atoms with Crippen LogP contribution in [0.1, 0.15) is 50.7 Å². The van der Waals surface area contributed by atoms with Gasteiger partial charge in [0, 0.05) is 38.2 Å². The van der Waals surface area contributed by atoms with Gasteiger partial charge in [-0.3, -0.25) is 9.69 Å². The predicted octanol–water partition coefficient (Wildman–Crippen LogP) is 6.80. The normalized spacial score (nSPS) is 25.3. The second-order valence-electron chi connectivity index (χ2n) is 11.5. The maximum Gasteiger partial charge on any atom is 0.227 e. The summed E-state index contributed by atoms with van der Waals surface area (Å²) < 4.78 is 12.2. The van der Waals surface area contributed by atoms with Gasteiger partial charge in [0.2, 0.25) is 5.91 Å². The molecule has 2 fully saturated rings. The van der Waals surface area contributed by atoms with Gasteiger partial charge < -0.3 is 14.4 Å². The molecule has 2 aromatic carbocycles. The third kappa shape index (κ3) is 6.17. The van der Waals surface area contributed by atoms with E-state index in [-0.39, 0.29) is 23.0 Å². The number of methoxy groups -OCH3 is 2. The topological polar surface area (TPSA) is 42.0 Å². The van der Waals surface area contributed by atoms with Gasteiger partial charge in [-0.15, -0.1) is 6.58 Å². The minimum absolute atomic E-state index is 0.100. The van der Waals surface area contributed by atoms with Crippen molar-refractivity contribution < 1.29 is 14.3 Å². The van der Waals surface area contributed by atoms with Gasteiger partial charge in [0.15, 0.2) is 0 Å². The number of hydrogen-bond donors (Lipinski definition) is 0. The lowest BCUT2D eigenvalue weighted by Crippen LogP contribution is -2.68. The molecule has 0 spiro atoms. The van der Waals surface area contributed by atoms with Crippen LogP contribution in [0, 0.1) is 5.92 Å². The van der Waals surface area contributed by atoms with Gasteiger partial charge in [0.1, 0.15) is 5.75 Å². The summed E-state index contributed by atoms with van der Waals surface area (Å²) in [7, 11) is 3.57. The van der Waals surface area contributed by atoms with Crippen LogP contribution < -0.4 is 4.74 Å². The smallest absolute Gasteiger partial charge is 0.227 e. The second kappa shape index (κ2) is 12.6. The molecule has 1 heterocycles. The largest absolute Gasteiger partial charge is 0.497 e. The number of likely N-dealkylation sites (tertiary alicyclic amines) is 1. The molecule has 1 aliphatic carbocycles. The Bertz CT molecular complexity index is 1170. The fourth-order valence-corrected chi connectivity index (χ4v) is 7.19. The zero-order chi connectivity index (χ0) is 28.2. The van der Waals surface area contributed by atoms with Crippen molar-refractivity contribution in [2.24, 2.45) is 5.92 Å². The first-order valence-corrected chi connectivity index (χ1v) is 14.7. The van der Waals surface area contributed by atoms with E-state index in [1.165, 1.54) is 5.56 Å². The van der Waals surface area contributed by atoms with Crippen molar-refractivity contribution in [3.05, 3.63) is 76.3 Å². The van der Waals surface area contributed by atoms with Crippen LogP contribution in [-0.4, -0.2) is 67.7 Å². The van der Waals surface area contributed by atoms with Crippen LogP contribution >= 0.6 is 23.2 Å². The molecule has 4 rings (SSSR count). The van der Waals surface area contributed by atoms with E-state index in [0.717, 1.165) is 56.6 Å². The van der Waals surface area contributed by atoms with Crippen molar-refractivity contribution >= 4 is 29.1 Å². The molecule has 0 N–H and O–H groups in total. The number of benzene rings is 2. The second-order valence-corrected chi connectivity index (χ2v) is 12.4. The molecule has 39 heavy (non-hydrogen) atoms. The van der Waals surface area contributed by atoms with Crippen molar-refractivity contribution in [3.8, 4) is 5.75 Å². The monoisotopic (exact) mass is 572 g/mol. The highest BCUT2D eigenvalue weighted by Gasteiger charge is 2.59. The summed E-state index contributed by atoms with van der Waals surface area (Å²) in [6.07, 6.45) is 5.81. The maximum absolute atomic E-state index is 13.9. The first-order chi connectivity index (χ1) is 18.7. The summed E-state index contributed by atoms with van der Waals surface area (Å²) in [6.45, 7) is 11.6. The Hall–Kier alpha value is -2.05. The average molecular weight is 574 g/mol. The molecule has 0 aromatic heterocycles. The van der Waals surface area contributed by atoms with Crippen molar-refractivity contribution in [2.75, 3.05) is 40.4 Å². The molecule has 212 valence electrons. The van der Waals surface area contributed by atoms with Crippen molar-refractivity contribution in [1.82, 2.24) is 9.80 Å². The summed E-state index contributed by atoms with van der Waals surface area (Å²) >= 11 is 12.4. The predicted molar refractivity (Wildman–Crippen MR) is 160 cm³/mol. The number of nitrogens with zero attached hydrogens (tertiary/aromatic N) is 2. The molecule has 3 atom stereocenters. The Morgan fingerprint density at radius 2 is 1.97 bits per heavy atom. The molecule has 1 aliphatic heterocycles. The van der Waals surface area contributed by atoms with Gasteiger partial charge in [-0.05, 0) is 73.5 Å². The SMILES string of the molecule is C=CCN1CCC2(c3cccc(OC)c3)CC(N(CC(C)C)C(=O)Cc3ccc(Cl)c(Cl)c3)CCC2(OC)C1. The molecular weight excluding hydrogens is 531 g/mol. The van der Waals surface area contributed by atoms with E-state index in [4.69, 9.17) is 32.7 Å². The quantitative estimate of drug-likeness (QED) is 0.294. The molecule has 7 heteroatoms. The molecule has 2 aliphatic rings. The standard InChI is InChI=1S/C32H42Cl2N2O3/c1-6-15-35-16-14-31(25-8-7-9-27(19-25)38-4)20-26(12-13-32(31,22-35)39-5)36(21-23(2)3)30(37)18-24-10-11-28(33)29(34)17-24/h6-11,17,19,23,26H,1,12-16,18,20-22H2,2-5H3. The van der Waals surface area contributed by atoms with Crippen LogP contribution in [-0.2, 0) is 21.4 Å². The number of carbonyl (C=O) groups excluding carboxylic acids is 1. The number of rotatable bonds is 10. The van der Waals surface area contributed by atoms with Gasteiger partial charge in [-0.1, -0.05) is 61.3 Å². The highest BCUT2D eigenvalue weighted by atomic mass is 35.5. The molecular formula is C32H42Cl2N2O3. The summed E-state index contributed by atoms with van der Waals surface area (Å²) in [5, 5.41) is 0.973. The molecule has 2 aromatic rings. The lowest BCUT2D eigenvalue weighted by molar-refractivity contribution is -0.161. The number of fused-ring (bicyclic) bond motifs is 1. The summed E-state index contributed by atoms with van der Waals surface area (Å²) in [4.78, 5) is 18.5. The van der Waals surface area contributed by atoms with E-state index >= 15 is 0 Å². The van der Waals surface area contributed by atoms with Crippen LogP contribution in [0.3, 0.4) is 0 Å². The molecule has 5 nitrogen and oxygen atoms in total. The van der Waals surface area contributed by atoms with E-state index in [9.17, 15) is 4.79 Å². The zero-order valence-corrected chi connectivity index (χ0v) is 25.2. The van der Waals surface area contributed by atoms with E-state index in [2.05, 4.69) is 48.4 Å².